The highest BCUT2D eigenvalue weighted by Crippen LogP contribution is 2.08. The van der Waals surface area contributed by atoms with E-state index < -0.39 is 0 Å². The third kappa shape index (κ3) is 2.53. The number of phenolic OH excluding ortho intramolecular Hbond substituents is 1. The van der Waals surface area contributed by atoms with E-state index in [2.05, 4.69) is 0 Å². The maximum Gasteiger partial charge on any atom is 0.115 e. The molecule has 0 aliphatic heterocycles. The maximum absolute atomic E-state index is 8.81. The van der Waals surface area contributed by atoms with Crippen molar-refractivity contribution in [1.82, 2.24) is 0 Å². The van der Waals surface area contributed by atoms with E-state index in [9.17, 15) is 0 Å². The van der Waals surface area contributed by atoms with Crippen LogP contribution < -0.4 is 5.73 Å². The summed E-state index contributed by atoms with van der Waals surface area (Å²) in [7, 11) is 0. The number of benzene rings is 1. The van der Waals surface area contributed by atoms with Crippen LogP contribution in [-0.2, 0) is 6.54 Å². The summed E-state index contributed by atoms with van der Waals surface area (Å²) in [6.45, 7) is 0.528. The highest BCUT2D eigenvalue weighted by Gasteiger charge is 1.86. The topological polar surface area (TPSA) is 46.2 Å². The van der Waals surface area contributed by atoms with E-state index in [1.54, 1.807) is 24.3 Å². The lowest BCUT2D eigenvalue weighted by molar-refractivity contribution is 0.475. The SMILES string of the molecule is I.NCc1ccc(O)cc1. The highest BCUT2D eigenvalue weighted by molar-refractivity contribution is 14.0. The molecule has 10 heavy (non-hydrogen) atoms. The Labute approximate surface area is 77.1 Å². The average molecular weight is 251 g/mol. The molecule has 56 valence electrons. The summed E-state index contributed by atoms with van der Waals surface area (Å²) in [5, 5.41) is 8.81. The molecule has 3 N–H and O–H groups in total. The van der Waals surface area contributed by atoms with E-state index in [0.717, 1.165) is 5.56 Å². The van der Waals surface area contributed by atoms with Gasteiger partial charge in [0, 0.05) is 6.54 Å². The summed E-state index contributed by atoms with van der Waals surface area (Å²) in [6, 6.07) is 6.86. The van der Waals surface area contributed by atoms with Crippen LogP contribution in [0.15, 0.2) is 24.3 Å². The lowest BCUT2D eigenvalue weighted by atomic mass is 10.2. The molecule has 0 heterocycles. The molecule has 0 amide bonds. The zero-order valence-corrected chi connectivity index (χ0v) is 7.78. The molecule has 0 aliphatic rings. The fraction of sp³-hybridized carbons (Fsp3) is 0.143. The van der Waals surface area contributed by atoms with Crippen molar-refractivity contribution in [3.8, 4) is 5.75 Å². The Kier molecular flexibility index (Phi) is 4.38. The molecule has 0 aromatic heterocycles. The molecule has 0 atom stereocenters. The zero-order valence-electron chi connectivity index (χ0n) is 5.45. The van der Waals surface area contributed by atoms with Gasteiger partial charge in [0.25, 0.3) is 0 Å². The van der Waals surface area contributed by atoms with Crippen LogP contribution in [0.5, 0.6) is 5.75 Å². The van der Waals surface area contributed by atoms with Crippen LogP contribution in [0.2, 0.25) is 0 Å². The summed E-state index contributed by atoms with van der Waals surface area (Å²) < 4.78 is 0. The molecule has 0 spiro atoms. The van der Waals surface area contributed by atoms with Crippen molar-refractivity contribution in [2.24, 2.45) is 5.73 Å². The summed E-state index contributed by atoms with van der Waals surface area (Å²) >= 11 is 0. The van der Waals surface area contributed by atoms with Crippen LogP contribution in [0, 0.1) is 0 Å². The van der Waals surface area contributed by atoms with Crippen molar-refractivity contribution >= 4 is 24.0 Å². The van der Waals surface area contributed by atoms with Crippen LogP contribution in [0.3, 0.4) is 0 Å². The lowest BCUT2D eigenvalue weighted by Gasteiger charge is -1.93. The van der Waals surface area contributed by atoms with Crippen molar-refractivity contribution in [1.29, 1.82) is 0 Å². The van der Waals surface area contributed by atoms with Gasteiger partial charge in [-0.3, -0.25) is 0 Å². The van der Waals surface area contributed by atoms with Gasteiger partial charge in [0.05, 0.1) is 0 Å². The average Bonchev–Trinajstić information content (AvgIpc) is 1.90. The molecule has 0 radical (unpaired) electrons. The predicted octanol–water partition coefficient (Wildman–Crippen LogP) is 1.47. The fourth-order valence-corrected chi connectivity index (χ4v) is 0.632. The first-order valence-electron chi connectivity index (χ1n) is 2.81. The van der Waals surface area contributed by atoms with Gasteiger partial charge in [-0.2, -0.15) is 0 Å². The molecule has 0 bridgehead atoms. The summed E-state index contributed by atoms with van der Waals surface area (Å²) in [5.41, 5.74) is 6.35. The van der Waals surface area contributed by atoms with Gasteiger partial charge in [-0.15, -0.1) is 24.0 Å². The Morgan fingerprint density at radius 3 is 2.10 bits per heavy atom. The zero-order chi connectivity index (χ0) is 6.69. The first-order chi connectivity index (χ1) is 4.33. The first kappa shape index (κ1) is 9.71. The minimum absolute atomic E-state index is 0. The minimum atomic E-state index is 0. The van der Waals surface area contributed by atoms with Crippen molar-refractivity contribution < 1.29 is 5.11 Å². The van der Waals surface area contributed by atoms with Crippen LogP contribution in [0.4, 0.5) is 0 Å². The Morgan fingerprint density at radius 1 is 1.20 bits per heavy atom. The number of phenols is 1. The molecule has 0 saturated carbocycles. The summed E-state index contributed by atoms with van der Waals surface area (Å²) in [5.74, 6) is 0.284. The van der Waals surface area contributed by atoms with E-state index in [4.69, 9.17) is 10.8 Å². The molecule has 2 nitrogen and oxygen atoms in total. The molecular formula is C7H10INO. The maximum atomic E-state index is 8.81. The quantitative estimate of drug-likeness (QED) is 0.742. The molecular weight excluding hydrogens is 241 g/mol. The second kappa shape index (κ2) is 4.51. The summed E-state index contributed by atoms with van der Waals surface area (Å²) in [4.78, 5) is 0. The van der Waals surface area contributed by atoms with E-state index >= 15 is 0 Å². The molecule has 0 fully saturated rings. The van der Waals surface area contributed by atoms with Crippen LogP contribution >= 0.6 is 24.0 Å². The largest absolute Gasteiger partial charge is 0.508 e. The van der Waals surface area contributed by atoms with Gasteiger partial charge in [0.15, 0.2) is 0 Å². The lowest BCUT2D eigenvalue weighted by Crippen LogP contribution is -1.94. The van der Waals surface area contributed by atoms with E-state index in [1.165, 1.54) is 0 Å². The normalized spacial score (nSPS) is 8.50. The van der Waals surface area contributed by atoms with Crippen LogP contribution in [0.1, 0.15) is 5.56 Å². The second-order valence-corrected chi connectivity index (χ2v) is 1.87. The minimum Gasteiger partial charge on any atom is -0.508 e. The van der Waals surface area contributed by atoms with Crippen LogP contribution in [0.25, 0.3) is 0 Å². The number of hydrogen-bond donors (Lipinski definition) is 2. The molecule has 1 rings (SSSR count). The highest BCUT2D eigenvalue weighted by atomic mass is 127. The van der Waals surface area contributed by atoms with Gasteiger partial charge in [0.2, 0.25) is 0 Å². The van der Waals surface area contributed by atoms with Crippen LogP contribution in [-0.4, -0.2) is 5.11 Å². The molecule has 1 aromatic carbocycles. The van der Waals surface area contributed by atoms with E-state index in [-0.39, 0.29) is 29.7 Å². The molecule has 3 heteroatoms. The second-order valence-electron chi connectivity index (χ2n) is 1.87. The molecule has 0 unspecified atom stereocenters. The fourth-order valence-electron chi connectivity index (χ4n) is 0.632. The van der Waals surface area contributed by atoms with Gasteiger partial charge in [0.1, 0.15) is 5.75 Å². The van der Waals surface area contributed by atoms with Gasteiger partial charge in [-0.25, -0.2) is 0 Å². The third-order valence-corrected chi connectivity index (χ3v) is 1.17. The molecule has 1 aromatic rings. The van der Waals surface area contributed by atoms with E-state index in [1.807, 2.05) is 0 Å². The summed E-state index contributed by atoms with van der Waals surface area (Å²) in [6.07, 6.45) is 0. The van der Waals surface area contributed by atoms with Gasteiger partial charge < -0.3 is 10.8 Å². The predicted molar refractivity (Wildman–Crippen MR) is 51.4 cm³/mol. The number of hydrogen-bond acceptors (Lipinski definition) is 2. The Bertz CT molecular complexity index is 185. The van der Waals surface area contributed by atoms with Crippen molar-refractivity contribution in [2.75, 3.05) is 0 Å². The van der Waals surface area contributed by atoms with Gasteiger partial charge in [-0.05, 0) is 17.7 Å². The van der Waals surface area contributed by atoms with Crippen molar-refractivity contribution in [2.45, 2.75) is 6.54 Å². The smallest absolute Gasteiger partial charge is 0.115 e. The van der Waals surface area contributed by atoms with Crippen molar-refractivity contribution in [3.05, 3.63) is 29.8 Å². The number of rotatable bonds is 1. The Balaban J connectivity index is 0.000000810. The van der Waals surface area contributed by atoms with Gasteiger partial charge in [-0.1, -0.05) is 12.1 Å². The van der Waals surface area contributed by atoms with Crippen molar-refractivity contribution in [3.63, 3.8) is 0 Å². The number of nitrogens with two attached hydrogens (primary N) is 1. The van der Waals surface area contributed by atoms with E-state index in [0.29, 0.717) is 6.54 Å². The standard InChI is InChI=1S/C7H9NO.HI/c8-5-6-1-3-7(9)4-2-6;/h1-4,9H,5,8H2;1H. The van der Waals surface area contributed by atoms with Gasteiger partial charge >= 0.3 is 0 Å². The monoisotopic (exact) mass is 251 g/mol. The third-order valence-electron chi connectivity index (χ3n) is 1.17. The Hall–Kier alpha value is -0.290. The first-order valence-corrected chi connectivity index (χ1v) is 2.81. The number of aromatic hydroxyl groups is 1. The number of halogens is 1. The Morgan fingerprint density at radius 2 is 1.70 bits per heavy atom. The molecule has 0 saturated heterocycles. The molecule has 0 aliphatic carbocycles.